The lowest BCUT2D eigenvalue weighted by molar-refractivity contribution is 0.643. The molecule has 0 aliphatic carbocycles. The second kappa shape index (κ2) is 6.14. The smallest absolute Gasteiger partial charge is 0.0805 e. The van der Waals surface area contributed by atoms with Crippen molar-refractivity contribution in [2.45, 2.75) is 32.7 Å². The van der Waals surface area contributed by atoms with E-state index < -0.39 is 0 Å². The van der Waals surface area contributed by atoms with Crippen LogP contribution >= 0.6 is 11.3 Å². The quantitative estimate of drug-likeness (QED) is 0.637. The van der Waals surface area contributed by atoms with Gasteiger partial charge in [-0.25, -0.2) is 5.43 Å². The lowest BCUT2D eigenvalue weighted by atomic mass is 10.00. The second-order valence-electron chi connectivity index (χ2n) is 4.56. The van der Waals surface area contributed by atoms with Gasteiger partial charge in [-0.1, -0.05) is 37.6 Å². The summed E-state index contributed by atoms with van der Waals surface area (Å²) in [6, 6.07) is 10.9. The average molecular weight is 260 g/mol. The summed E-state index contributed by atoms with van der Waals surface area (Å²) in [5.41, 5.74) is 6.86. The Morgan fingerprint density at radius 2 is 2.17 bits per heavy atom. The van der Waals surface area contributed by atoms with Crippen molar-refractivity contribution in [2.24, 2.45) is 5.84 Å². The first-order valence-corrected chi connectivity index (χ1v) is 7.23. The van der Waals surface area contributed by atoms with Gasteiger partial charge in [-0.3, -0.25) is 5.84 Å². The lowest BCUT2D eigenvalue weighted by Crippen LogP contribution is -2.28. The summed E-state index contributed by atoms with van der Waals surface area (Å²) >= 11 is 1.75. The van der Waals surface area contributed by atoms with Gasteiger partial charge in [0.25, 0.3) is 0 Å². The molecule has 0 aliphatic rings. The Kier molecular flexibility index (Phi) is 4.53. The summed E-state index contributed by atoms with van der Waals surface area (Å²) < 4.78 is 0. The maximum Gasteiger partial charge on any atom is 0.0805 e. The summed E-state index contributed by atoms with van der Waals surface area (Å²) in [5, 5.41) is 2.12. The van der Waals surface area contributed by atoms with Gasteiger partial charge in [-0.15, -0.1) is 11.3 Å². The Morgan fingerprint density at radius 1 is 1.33 bits per heavy atom. The molecule has 2 nitrogen and oxygen atoms in total. The molecule has 1 unspecified atom stereocenters. The van der Waals surface area contributed by atoms with Crippen LogP contribution in [0.3, 0.4) is 0 Å². The van der Waals surface area contributed by atoms with Gasteiger partial charge in [0.1, 0.15) is 0 Å². The predicted octanol–water partition coefficient (Wildman–Crippen LogP) is 3.56. The maximum absolute atomic E-state index is 5.75. The summed E-state index contributed by atoms with van der Waals surface area (Å²) in [7, 11) is 0. The molecule has 1 atom stereocenters. The Labute approximate surface area is 113 Å². The van der Waals surface area contributed by atoms with Gasteiger partial charge in [-0.05, 0) is 41.5 Å². The Balaban J connectivity index is 2.33. The predicted molar refractivity (Wildman–Crippen MR) is 78.7 cm³/mol. The Bertz CT molecular complexity index is 505. The van der Waals surface area contributed by atoms with Crippen LogP contribution in [0.15, 0.2) is 35.7 Å². The monoisotopic (exact) mass is 260 g/mol. The van der Waals surface area contributed by atoms with Gasteiger partial charge in [0.15, 0.2) is 0 Å². The fourth-order valence-electron chi connectivity index (χ4n) is 2.22. The highest BCUT2D eigenvalue weighted by molar-refractivity contribution is 7.10. The number of nitrogens with one attached hydrogen (secondary N) is 1. The number of thiophene rings is 1. The third kappa shape index (κ3) is 2.80. The van der Waals surface area contributed by atoms with E-state index in [1.807, 2.05) is 0 Å². The molecule has 96 valence electrons. The third-order valence-electron chi connectivity index (χ3n) is 3.15. The minimum absolute atomic E-state index is 0.0989. The van der Waals surface area contributed by atoms with E-state index in [0.29, 0.717) is 0 Å². The molecule has 2 aromatic rings. The number of hydrogen-bond acceptors (Lipinski definition) is 3. The molecule has 0 aliphatic heterocycles. The molecule has 18 heavy (non-hydrogen) atoms. The van der Waals surface area contributed by atoms with E-state index in [2.05, 4.69) is 55.0 Å². The van der Waals surface area contributed by atoms with Crippen LogP contribution in [0, 0.1) is 6.92 Å². The molecule has 0 radical (unpaired) electrons. The number of benzene rings is 1. The van der Waals surface area contributed by atoms with Crippen LogP contribution in [0.1, 0.15) is 41.0 Å². The van der Waals surface area contributed by atoms with Crippen molar-refractivity contribution in [3.8, 4) is 0 Å². The second-order valence-corrected chi connectivity index (χ2v) is 5.51. The fraction of sp³-hybridized carbons (Fsp3) is 0.333. The SMILES string of the molecule is CCCc1cccc(C(NN)c2sccc2C)c1. The van der Waals surface area contributed by atoms with E-state index in [4.69, 9.17) is 5.84 Å². The van der Waals surface area contributed by atoms with Crippen molar-refractivity contribution in [3.63, 3.8) is 0 Å². The van der Waals surface area contributed by atoms with Crippen molar-refractivity contribution in [3.05, 3.63) is 57.3 Å². The van der Waals surface area contributed by atoms with E-state index in [1.54, 1.807) is 11.3 Å². The minimum Gasteiger partial charge on any atom is -0.271 e. The fourth-order valence-corrected chi connectivity index (χ4v) is 3.23. The van der Waals surface area contributed by atoms with E-state index in [-0.39, 0.29) is 6.04 Å². The number of nitrogens with two attached hydrogens (primary N) is 1. The van der Waals surface area contributed by atoms with Gasteiger partial charge in [0.2, 0.25) is 0 Å². The third-order valence-corrected chi connectivity index (χ3v) is 4.24. The van der Waals surface area contributed by atoms with Gasteiger partial charge in [0.05, 0.1) is 6.04 Å². The molecule has 0 saturated heterocycles. The van der Waals surface area contributed by atoms with Crippen molar-refractivity contribution in [1.82, 2.24) is 5.43 Å². The molecule has 0 spiro atoms. The first-order valence-electron chi connectivity index (χ1n) is 6.35. The largest absolute Gasteiger partial charge is 0.271 e. The first-order chi connectivity index (χ1) is 8.76. The topological polar surface area (TPSA) is 38.0 Å². The number of hydrazine groups is 1. The van der Waals surface area contributed by atoms with Crippen LogP contribution in [0.2, 0.25) is 0 Å². The van der Waals surface area contributed by atoms with Crippen LogP contribution in [0.25, 0.3) is 0 Å². The van der Waals surface area contributed by atoms with Crippen LogP contribution in [-0.4, -0.2) is 0 Å². The molecule has 3 N–H and O–H groups in total. The van der Waals surface area contributed by atoms with Crippen LogP contribution in [-0.2, 0) is 6.42 Å². The zero-order valence-electron chi connectivity index (χ0n) is 10.9. The molecule has 2 rings (SSSR count). The van der Waals surface area contributed by atoms with Gasteiger partial charge in [-0.2, -0.15) is 0 Å². The maximum atomic E-state index is 5.75. The molecular weight excluding hydrogens is 240 g/mol. The van der Waals surface area contributed by atoms with Crippen molar-refractivity contribution in [1.29, 1.82) is 0 Å². The van der Waals surface area contributed by atoms with Crippen molar-refractivity contribution in [2.75, 3.05) is 0 Å². The van der Waals surface area contributed by atoms with E-state index in [9.17, 15) is 0 Å². The summed E-state index contributed by atoms with van der Waals surface area (Å²) in [5.74, 6) is 5.75. The zero-order chi connectivity index (χ0) is 13.0. The molecule has 1 heterocycles. The zero-order valence-corrected chi connectivity index (χ0v) is 11.8. The van der Waals surface area contributed by atoms with Crippen LogP contribution < -0.4 is 11.3 Å². The summed E-state index contributed by atoms with van der Waals surface area (Å²) in [4.78, 5) is 1.30. The van der Waals surface area contributed by atoms with E-state index in [1.165, 1.54) is 28.0 Å². The van der Waals surface area contributed by atoms with Gasteiger partial charge < -0.3 is 0 Å². The number of aryl methyl sites for hydroxylation is 2. The standard InChI is InChI=1S/C15H20N2S/c1-3-5-12-6-4-7-13(10-12)14(17-16)15-11(2)8-9-18-15/h4,6-10,14,17H,3,5,16H2,1-2H3. The van der Waals surface area contributed by atoms with Crippen LogP contribution in [0.5, 0.6) is 0 Å². The molecule has 0 saturated carbocycles. The van der Waals surface area contributed by atoms with Gasteiger partial charge >= 0.3 is 0 Å². The minimum atomic E-state index is 0.0989. The Hall–Kier alpha value is -1.16. The summed E-state index contributed by atoms with van der Waals surface area (Å²) in [6.45, 7) is 4.33. The molecule has 0 fully saturated rings. The Morgan fingerprint density at radius 3 is 2.78 bits per heavy atom. The van der Waals surface area contributed by atoms with Crippen molar-refractivity contribution >= 4 is 11.3 Å². The molecule has 1 aromatic heterocycles. The molecular formula is C15H20N2S. The van der Waals surface area contributed by atoms with E-state index in [0.717, 1.165) is 6.42 Å². The average Bonchev–Trinajstić information content (AvgIpc) is 2.78. The highest BCUT2D eigenvalue weighted by atomic mass is 32.1. The van der Waals surface area contributed by atoms with E-state index >= 15 is 0 Å². The molecule has 0 amide bonds. The van der Waals surface area contributed by atoms with Gasteiger partial charge in [0, 0.05) is 4.88 Å². The number of hydrogen-bond donors (Lipinski definition) is 2. The normalized spacial score (nSPS) is 12.6. The molecule has 1 aromatic carbocycles. The number of rotatable bonds is 5. The highest BCUT2D eigenvalue weighted by Gasteiger charge is 2.15. The van der Waals surface area contributed by atoms with Crippen molar-refractivity contribution < 1.29 is 0 Å². The lowest BCUT2D eigenvalue weighted by Gasteiger charge is -2.17. The molecule has 0 bridgehead atoms. The summed E-state index contributed by atoms with van der Waals surface area (Å²) in [6.07, 6.45) is 2.29. The van der Waals surface area contributed by atoms with Crippen LogP contribution in [0.4, 0.5) is 0 Å². The molecule has 3 heteroatoms. The first kappa shape index (κ1) is 13.3. The highest BCUT2D eigenvalue weighted by Crippen LogP contribution is 2.29.